The summed E-state index contributed by atoms with van der Waals surface area (Å²) in [4.78, 5) is 10.3. The Morgan fingerprint density at radius 2 is 1.93 bits per heavy atom. The van der Waals surface area contributed by atoms with E-state index in [2.05, 4.69) is 0 Å². The molecule has 0 unspecified atom stereocenters. The minimum atomic E-state index is -5.11. The molecule has 1 aromatic carbocycles. The van der Waals surface area contributed by atoms with Crippen molar-refractivity contribution in [3.63, 3.8) is 0 Å². The van der Waals surface area contributed by atoms with Gasteiger partial charge in [0.15, 0.2) is 0 Å². The number of aldehydes is 1. The molecule has 0 heterocycles. The van der Waals surface area contributed by atoms with E-state index < -0.39 is 12.4 Å². The Bertz CT molecular complexity index is 376. The molecule has 76 valence electrons. The smallest absolute Gasteiger partial charge is 0.445 e. The number of nitrogen functional groups attached to an aromatic ring is 1. The first-order valence-corrected chi connectivity index (χ1v) is 3.91. The van der Waals surface area contributed by atoms with Gasteiger partial charge in [0.25, 0.3) is 0 Å². The lowest BCUT2D eigenvalue weighted by Crippen LogP contribution is -2.37. The standard InChI is InChI=1S/C8H8BF3NO/c1-5-7(9(10,11)12)2-6(4-14)3-8(5)13/h2-4H,13H2,1H3/q-1. The van der Waals surface area contributed by atoms with Crippen LogP contribution in [0.3, 0.4) is 0 Å². The molecule has 14 heavy (non-hydrogen) atoms. The summed E-state index contributed by atoms with van der Waals surface area (Å²) in [6, 6.07) is 2.05. The zero-order valence-electron chi connectivity index (χ0n) is 7.43. The average Bonchev–Trinajstić information content (AvgIpc) is 2.07. The predicted octanol–water partition coefficient (Wildman–Crippen LogP) is 1.44. The Balaban J connectivity index is 3.42. The van der Waals surface area contributed by atoms with Crippen molar-refractivity contribution in [2.24, 2.45) is 0 Å². The van der Waals surface area contributed by atoms with Gasteiger partial charge >= 0.3 is 6.98 Å². The predicted molar refractivity (Wildman–Crippen MR) is 49.7 cm³/mol. The molecule has 0 radical (unpaired) electrons. The van der Waals surface area contributed by atoms with Gasteiger partial charge in [0, 0.05) is 11.3 Å². The molecule has 0 atom stereocenters. The maximum Gasteiger partial charge on any atom is 0.509 e. The summed E-state index contributed by atoms with van der Waals surface area (Å²) in [7, 11) is 0. The van der Waals surface area contributed by atoms with E-state index >= 15 is 0 Å². The number of benzene rings is 1. The third-order valence-corrected chi connectivity index (χ3v) is 2.00. The number of hydrogen-bond donors (Lipinski definition) is 1. The number of carbonyl (C=O) groups excluding carboxylic acids is 1. The maximum atomic E-state index is 12.4. The van der Waals surface area contributed by atoms with Gasteiger partial charge < -0.3 is 18.7 Å². The number of halogens is 3. The van der Waals surface area contributed by atoms with E-state index in [0.717, 1.165) is 6.07 Å². The summed E-state index contributed by atoms with van der Waals surface area (Å²) < 4.78 is 37.3. The van der Waals surface area contributed by atoms with Gasteiger partial charge in [-0.25, -0.2) is 0 Å². The first-order valence-electron chi connectivity index (χ1n) is 3.91. The van der Waals surface area contributed by atoms with Gasteiger partial charge in [0.05, 0.1) is 0 Å². The zero-order chi connectivity index (χ0) is 10.9. The first-order chi connectivity index (χ1) is 6.36. The largest absolute Gasteiger partial charge is 0.509 e. The first kappa shape index (κ1) is 10.6. The Kier molecular flexibility index (Phi) is 2.55. The fourth-order valence-electron chi connectivity index (χ4n) is 1.19. The molecule has 0 spiro atoms. The van der Waals surface area contributed by atoms with Crippen LogP contribution in [0.2, 0.25) is 0 Å². The summed E-state index contributed by atoms with van der Waals surface area (Å²) in [5, 5.41) is 0. The fraction of sp³-hybridized carbons (Fsp3) is 0.125. The zero-order valence-corrected chi connectivity index (χ0v) is 7.43. The van der Waals surface area contributed by atoms with Crippen molar-refractivity contribution >= 4 is 24.4 Å². The van der Waals surface area contributed by atoms with E-state index in [0.29, 0.717) is 6.29 Å². The maximum absolute atomic E-state index is 12.4. The molecule has 0 saturated heterocycles. The van der Waals surface area contributed by atoms with Crippen LogP contribution in [0.25, 0.3) is 0 Å². The summed E-state index contributed by atoms with van der Waals surface area (Å²) in [5.74, 6) is 0. The fourth-order valence-corrected chi connectivity index (χ4v) is 1.19. The van der Waals surface area contributed by atoms with Gasteiger partial charge in [-0.15, -0.1) is 5.46 Å². The highest BCUT2D eigenvalue weighted by Gasteiger charge is 2.28. The van der Waals surface area contributed by atoms with Crippen molar-refractivity contribution in [3.8, 4) is 0 Å². The van der Waals surface area contributed by atoms with E-state index in [9.17, 15) is 17.7 Å². The van der Waals surface area contributed by atoms with Crippen LogP contribution in [0.4, 0.5) is 18.6 Å². The second kappa shape index (κ2) is 3.36. The van der Waals surface area contributed by atoms with Crippen molar-refractivity contribution in [3.05, 3.63) is 23.3 Å². The molecule has 0 bridgehead atoms. The average molecular weight is 202 g/mol. The summed E-state index contributed by atoms with van der Waals surface area (Å²) in [6.07, 6.45) is 0.348. The van der Waals surface area contributed by atoms with E-state index in [1.807, 2.05) is 0 Å². The number of hydrogen-bond acceptors (Lipinski definition) is 2. The summed E-state index contributed by atoms with van der Waals surface area (Å²) in [5.41, 5.74) is 4.46. The highest BCUT2D eigenvalue weighted by Crippen LogP contribution is 2.17. The number of anilines is 1. The molecule has 0 aliphatic heterocycles. The topological polar surface area (TPSA) is 43.1 Å². The molecular weight excluding hydrogens is 194 g/mol. The van der Waals surface area contributed by atoms with Crippen molar-refractivity contribution in [1.29, 1.82) is 0 Å². The lowest BCUT2D eigenvalue weighted by molar-refractivity contribution is 0.112. The normalized spacial score (nSPS) is 11.4. The van der Waals surface area contributed by atoms with Gasteiger partial charge in [-0.1, -0.05) is 11.6 Å². The molecule has 2 nitrogen and oxygen atoms in total. The van der Waals surface area contributed by atoms with E-state index in [4.69, 9.17) is 5.73 Å². The van der Waals surface area contributed by atoms with E-state index in [1.165, 1.54) is 13.0 Å². The summed E-state index contributed by atoms with van der Waals surface area (Å²) in [6.45, 7) is -3.83. The third-order valence-electron chi connectivity index (χ3n) is 2.00. The number of carbonyl (C=O) groups is 1. The molecule has 0 aliphatic carbocycles. The highest BCUT2D eigenvalue weighted by atomic mass is 19.4. The Morgan fingerprint density at radius 1 is 1.36 bits per heavy atom. The van der Waals surface area contributed by atoms with Crippen LogP contribution in [0, 0.1) is 6.92 Å². The van der Waals surface area contributed by atoms with Gasteiger partial charge in [-0.3, -0.25) is 4.79 Å². The Hall–Kier alpha value is -1.46. The van der Waals surface area contributed by atoms with Crippen LogP contribution in [0.1, 0.15) is 15.9 Å². The molecule has 0 aromatic heterocycles. The molecule has 0 amide bonds. The van der Waals surface area contributed by atoms with Crippen LogP contribution < -0.4 is 11.2 Å². The molecule has 1 rings (SSSR count). The van der Waals surface area contributed by atoms with Crippen LogP contribution in [-0.2, 0) is 0 Å². The second-order valence-electron chi connectivity index (χ2n) is 3.02. The highest BCUT2D eigenvalue weighted by molar-refractivity contribution is 6.74. The minimum absolute atomic E-state index is 0.0104. The molecule has 0 saturated carbocycles. The summed E-state index contributed by atoms with van der Waals surface area (Å²) >= 11 is 0. The Labute approximate surface area is 79.0 Å². The lowest BCUT2D eigenvalue weighted by atomic mass is 9.76. The van der Waals surface area contributed by atoms with Crippen LogP contribution in [0.5, 0.6) is 0 Å². The van der Waals surface area contributed by atoms with E-state index in [-0.39, 0.29) is 16.8 Å². The van der Waals surface area contributed by atoms with Crippen LogP contribution >= 0.6 is 0 Å². The molecule has 6 heteroatoms. The van der Waals surface area contributed by atoms with Crippen molar-refractivity contribution in [2.45, 2.75) is 6.92 Å². The molecule has 1 aromatic rings. The minimum Gasteiger partial charge on any atom is -0.445 e. The van der Waals surface area contributed by atoms with Gasteiger partial charge in [0.1, 0.15) is 6.29 Å². The monoisotopic (exact) mass is 202 g/mol. The second-order valence-corrected chi connectivity index (χ2v) is 3.02. The van der Waals surface area contributed by atoms with Crippen molar-refractivity contribution in [2.75, 3.05) is 5.73 Å². The number of nitrogens with two attached hydrogens (primary N) is 1. The Morgan fingerprint density at radius 3 is 2.36 bits per heavy atom. The van der Waals surface area contributed by atoms with Gasteiger partial charge in [-0.05, 0) is 13.0 Å². The van der Waals surface area contributed by atoms with Gasteiger partial charge in [-0.2, -0.15) is 0 Å². The molecule has 2 N–H and O–H groups in total. The van der Waals surface area contributed by atoms with Crippen LogP contribution in [0.15, 0.2) is 12.1 Å². The molecular formula is C8H8BF3NO-. The van der Waals surface area contributed by atoms with E-state index in [1.54, 1.807) is 0 Å². The quantitative estimate of drug-likeness (QED) is 0.448. The van der Waals surface area contributed by atoms with Crippen molar-refractivity contribution < 1.29 is 17.7 Å². The van der Waals surface area contributed by atoms with Gasteiger partial charge in [0.2, 0.25) is 0 Å². The molecule has 0 aliphatic rings. The molecule has 0 fully saturated rings. The lowest BCUT2D eigenvalue weighted by Gasteiger charge is -2.19. The van der Waals surface area contributed by atoms with Crippen LogP contribution in [-0.4, -0.2) is 13.3 Å². The SMILES string of the molecule is Cc1c(N)cc(C=O)cc1[B-](F)(F)F. The third kappa shape index (κ3) is 1.89. The number of rotatable bonds is 2. The van der Waals surface area contributed by atoms with Crippen molar-refractivity contribution in [1.82, 2.24) is 0 Å².